The molecule has 1 unspecified atom stereocenters. The van der Waals surface area contributed by atoms with Crippen molar-refractivity contribution in [3.05, 3.63) is 29.8 Å². The number of rotatable bonds is 5. The van der Waals surface area contributed by atoms with Gasteiger partial charge in [-0.25, -0.2) is 0 Å². The molecule has 1 saturated carbocycles. The van der Waals surface area contributed by atoms with Gasteiger partial charge in [-0.3, -0.25) is 4.99 Å². The number of nitrogens with one attached hydrogen (secondary N) is 1. The lowest BCUT2D eigenvalue weighted by molar-refractivity contribution is 0.151. The van der Waals surface area contributed by atoms with Gasteiger partial charge in [0.15, 0.2) is 5.96 Å². The van der Waals surface area contributed by atoms with Crippen LogP contribution < -0.4 is 10.1 Å². The molecular formula is C19H29N3O2. The number of likely N-dealkylation sites (tertiary alicyclic amines) is 1. The summed E-state index contributed by atoms with van der Waals surface area (Å²) in [6, 6.07) is 7.53. The Morgan fingerprint density at radius 3 is 2.62 bits per heavy atom. The Kier molecular flexibility index (Phi) is 5.29. The van der Waals surface area contributed by atoms with Crippen LogP contribution in [0.5, 0.6) is 5.75 Å². The summed E-state index contributed by atoms with van der Waals surface area (Å²) in [5.41, 5.74) is 1.41. The van der Waals surface area contributed by atoms with Gasteiger partial charge in [-0.15, -0.1) is 0 Å². The first-order valence-corrected chi connectivity index (χ1v) is 9.01. The molecule has 1 saturated heterocycles. The standard InChI is InChI=1S/C19H29N3O2/c1-3-20-18(22-12-11-19(14-22)9-4-10-19)21-13-17(23)15-5-7-16(24-2)8-6-15/h5-8,17,23H,3-4,9-14H2,1-2H3,(H,20,21). The maximum absolute atomic E-state index is 10.4. The van der Waals surface area contributed by atoms with E-state index in [0.29, 0.717) is 12.0 Å². The first-order valence-electron chi connectivity index (χ1n) is 9.01. The highest BCUT2D eigenvalue weighted by molar-refractivity contribution is 5.80. The largest absolute Gasteiger partial charge is 0.497 e. The fraction of sp³-hybridized carbons (Fsp3) is 0.632. The van der Waals surface area contributed by atoms with E-state index in [0.717, 1.165) is 36.9 Å². The second-order valence-corrected chi connectivity index (χ2v) is 7.01. The highest BCUT2D eigenvalue weighted by Crippen LogP contribution is 2.47. The summed E-state index contributed by atoms with van der Waals surface area (Å²) in [5, 5.41) is 13.8. The Morgan fingerprint density at radius 1 is 1.33 bits per heavy atom. The second-order valence-electron chi connectivity index (χ2n) is 7.01. The van der Waals surface area contributed by atoms with Gasteiger partial charge in [0.25, 0.3) is 0 Å². The fourth-order valence-electron chi connectivity index (χ4n) is 3.73. The van der Waals surface area contributed by atoms with Gasteiger partial charge in [0, 0.05) is 19.6 Å². The predicted octanol–water partition coefficient (Wildman–Crippen LogP) is 2.57. The van der Waals surface area contributed by atoms with Crippen LogP contribution in [0.1, 0.15) is 44.3 Å². The molecule has 1 aliphatic carbocycles. The van der Waals surface area contributed by atoms with Crippen molar-refractivity contribution in [2.45, 2.75) is 38.7 Å². The molecular weight excluding hydrogens is 302 g/mol. The van der Waals surface area contributed by atoms with E-state index < -0.39 is 6.10 Å². The van der Waals surface area contributed by atoms with E-state index in [1.807, 2.05) is 24.3 Å². The number of benzene rings is 1. The fourth-order valence-corrected chi connectivity index (χ4v) is 3.73. The van der Waals surface area contributed by atoms with Crippen molar-refractivity contribution in [2.24, 2.45) is 10.4 Å². The number of aliphatic hydroxyl groups is 1. The van der Waals surface area contributed by atoms with Gasteiger partial charge in [-0.2, -0.15) is 0 Å². The molecule has 5 nitrogen and oxygen atoms in total. The smallest absolute Gasteiger partial charge is 0.194 e. The molecule has 1 atom stereocenters. The Morgan fingerprint density at radius 2 is 2.08 bits per heavy atom. The van der Waals surface area contributed by atoms with E-state index in [1.165, 1.54) is 25.7 Å². The minimum Gasteiger partial charge on any atom is -0.497 e. The monoisotopic (exact) mass is 331 g/mol. The van der Waals surface area contributed by atoms with Crippen LogP contribution in [0.2, 0.25) is 0 Å². The lowest BCUT2D eigenvalue weighted by Gasteiger charge is -2.38. The number of methoxy groups -OCH3 is 1. The summed E-state index contributed by atoms with van der Waals surface area (Å²) in [7, 11) is 1.64. The molecule has 2 fully saturated rings. The summed E-state index contributed by atoms with van der Waals surface area (Å²) >= 11 is 0. The number of ether oxygens (including phenoxy) is 1. The van der Waals surface area contributed by atoms with E-state index >= 15 is 0 Å². The lowest BCUT2D eigenvalue weighted by Crippen LogP contribution is -2.42. The molecule has 0 amide bonds. The van der Waals surface area contributed by atoms with Crippen LogP contribution in [-0.2, 0) is 0 Å². The van der Waals surface area contributed by atoms with Gasteiger partial charge in [-0.05, 0) is 49.3 Å². The first-order chi connectivity index (χ1) is 11.7. The van der Waals surface area contributed by atoms with Gasteiger partial charge in [-0.1, -0.05) is 18.6 Å². The van der Waals surface area contributed by atoms with Gasteiger partial charge < -0.3 is 20.1 Å². The van der Waals surface area contributed by atoms with Gasteiger partial charge >= 0.3 is 0 Å². The van der Waals surface area contributed by atoms with Crippen LogP contribution in [-0.4, -0.2) is 49.3 Å². The SMILES string of the molecule is CCNC(=NCC(O)c1ccc(OC)cc1)N1CCC2(CCC2)C1. The van der Waals surface area contributed by atoms with Crippen molar-refractivity contribution in [3.63, 3.8) is 0 Å². The molecule has 5 heteroatoms. The molecule has 2 N–H and O–H groups in total. The number of aliphatic hydroxyl groups excluding tert-OH is 1. The first kappa shape index (κ1) is 17.1. The van der Waals surface area contributed by atoms with Crippen LogP contribution in [0.3, 0.4) is 0 Å². The van der Waals surface area contributed by atoms with Gasteiger partial charge in [0.1, 0.15) is 5.75 Å². The molecule has 24 heavy (non-hydrogen) atoms. The van der Waals surface area contributed by atoms with E-state index in [1.54, 1.807) is 7.11 Å². The maximum Gasteiger partial charge on any atom is 0.194 e. The topological polar surface area (TPSA) is 57.1 Å². The Bertz CT molecular complexity index is 566. The zero-order chi connectivity index (χ0) is 17.0. The van der Waals surface area contributed by atoms with Crippen molar-refractivity contribution >= 4 is 5.96 Å². The van der Waals surface area contributed by atoms with Crippen LogP contribution in [0.15, 0.2) is 29.3 Å². The minimum atomic E-state index is -0.593. The van der Waals surface area contributed by atoms with E-state index in [2.05, 4.69) is 22.1 Å². The van der Waals surface area contributed by atoms with Crippen molar-refractivity contribution in [1.82, 2.24) is 10.2 Å². The molecule has 1 heterocycles. The number of hydrogen-bond acceptors (Lipinski definition) is 3. The van der Waals surface area contributed by atoms with Crippen LogP contribution in [0.4, 0.5) is 0 Å². The molecule has 1 spiro atoms. The third kappa shape index (κ3) is 3.66. The molecule has 1 aromatic rings. The third-order valence-electron chi connectivity index (χ3n) is 5.40. The quantitative estimate of drug-likeness (QED) is 0.643. The number of guanidine groups is 1. The van der Waals surface area contributed by atoms with Crippen LogP contribution >= 0.6 is 0 Å². The lowest BCUT2D eigenvalue weighted by atomic mass is 9.68. The summed E-state index contributed by atoms with van der Waals surface area (Å²) in [6.45, 7) is 5.49. The van der Waals surface area contributed by atoms with Crippen molar-refractivity contribution in [3.8, 4) is 5.75 Å². The predicted molar refractivity (Wildman–Crippen MR) is 96.4 cm³/mol. The van der Waals surface area contributed by atoms with E-state index in [-0.39, 0.29) is 0 Å². The Labute approximate surface area is 144 Å². The average Bonchev–Trinajstić information content (AvgIpc) is 3.04. The normalized spacial score (nSPS) is 20.8. The highest BCUT2D eigenvalue weighted by atomic mass is 16.5. The minimum absolute atomic E-state index is 0.373. The highest BCUT2D eigenvalue weighted by Gasteiger charge is 2.43. The molecule has 1 aliphatic heterocycles. The Hall–Kier alpha value is -1.75. The average molecular weight is 331 g/mol. The summed E-state index contributed by atoms with van der Waals surface area (Å²) < 4.78 is 5.16. The third-order valence-corrected chi connectivity index (χ3v) is 5.40. The molecule has 0 bridgehead atoms. The molecule has 0 radical (unpaired) electrons. The van der Waals surface area contributed by atoms with Crippen LogP contribution in [0.25, 0.3) is 0 Å². The van der Waals surface area contributed by atoms with E-state index in [4.69, 9.17) is 4.74 Å². The molecule has 0 aromatic heterocycles. The van der Waals surface area contributed by atoms with Crippen molar-refractivity contribution in [2.75, 3.05) is 33.3 Å². The maximum atomic E-state index is 10.4. The molecule has 2 aliphatic rings. The van der Waals surface area contributed by atoms with Crippen molar-refractivity contribution < 1.29 is 9.84 Å². The zero-order valence-electron chi connectivity index (χ0n) is 14.8. The zero-order valence-corrected chi connectivity index (χ0v) is 14.8. The second kappa shape index (κ2) is 7.43. The number of hydrogen-bond donors (Lipinski definition) is 2. The molecule has 3 rings (SSSR count). The molecule has 1 aromatic carbocycles. The molecule has 132 valence electrons. The van der Waals surface area contributed by atoms with Gasteiger partial charge in [0.2, 0.25) is 0 Å². The summed E-state index contributed by atoms with van der Waals surface area (Å²) in [5.74, 6) is 1.74. The van der Waals surface area contributed by atoms with E-state index in [9.17, 15) is 5.11 Å². The number of nitrogens with zero attached hydrogens (tertiary/aromatic N) is 2. The van der Waals surface area contributed by atoms with Gasteiger partial charge in [0.05, 0.1) is 19.8 Å². The van der Waals surface area contributed by atoms with Crippen molar-refractivity contribution in [1.29, 1.82) is 0 Å². The van der Waals surface area contributed by atoms with Crippen LogP contribution in [0, 0.1) is 5.41 Å². The summed E-state index contributed by atoms with van der Waals surface area (Å²) in [4.78, 5) is 7.05. The summed E-state index contributed by atoms with van der Waals surface area (Å²) in [6.07, 6.45) is 4.77. The number of aliphatic imine (C=N–C) groups is 1. The Balaban J connectivity index is 1.62.